The molecule has 1 amide bonds. The molecule has 1 aliphatic heterocycles. The summed E-state index contributed by atoms with van der Waals surface area (Å²) < 4.78 is 12.7. The van der Waals surface area contributed by atoms with Crippen molar-refractivity contribution in [1.29, 1.82) is 0 Å². The number of aryl methyl sites for hydroxylation is 1. The summed E-state index contributed by atoms with van der Waals surface area (Å²) in [6.45, 7) is 8.34. The van der Waals surface area contributed by atoms with Gasteiger partial charge in [0, 0.05) is 44.3 Å². The molecule has 0 radical (unpaired) electrons. The van der Waals surface area contributed by atoms with Crippen molar-refractivity contribution in [3.63, 3.8) is 0 Å². The minimum absolute atomic E-state index is 0.0751. The van der Waals surface area contributed by atoms with Crippen molar-refractivity contribution in [2.24, 2.45) is 5.92 Å². The maximum Gasteiger partial charge on any atom is 0.288 e. The number of aromatic nitrogens is 2. The van der Waals surface area contributed by atoms with Gasteiger partial charge >= 0.3 is 0 Å². The van der Waals surface area contributed by atoms with Crippen LogP contribution in [-0.4, -0.2) is 53.4 Å². The Morgan fingerprint density at radius 1 is 1.34 bits per heavy atom. The lowest BCUT2D eigenvalue weighted by molar-refractivity contribution is -0.126. The van der Waals surface area contributed by atoms with E-state index in [4.69, 9.17) is 21.4 Å². The highest BCUT2D eigenvalue weighted by atomic mass is 32.1. The molecule has 1 aliphatic rings. The monoisotopic (exact) mass is 418 g/mol. The maximum atomic E-state index is 12.3. The second-order valence-corrected chi connectivity index (χ2v) is 7.71. The number of nitrogens with zero attached hydrogens (tertiary/aromatic N) is 3. The van der Waals surface area contributed by atoms with Crippen LogP contribution < -0.4 is 5.32 Å². The SMILES string of the molecule is CCOCCCNC(=O)C1CCN(Cn2nc(-c3ccccc3C)oc2=S)CC1. The van der Waals surface area contributed by atoms with Crippen molar-refractivity contribution in [2.45, 2.75) is 39.8 Å². The van der Waals surface area contributed by atoms with E-state index in [9.17, 15) is 4.79 Å². The Morgan fingerprint density at radius 2 is 2.10 bits per heavy atom. The fourth-order valence-corrected chi connectivity index (χ4v) is 3.70. The molecule has 1 N–H and O–H groups in total. The lowest BCUT2D eigenvalue weighted by atomic mass is 9.96. The number of likely N-dealkylation sites (tertiary alicyclic amines) is 1. The predicted octanol–water partition coefficient (Wildman–Crippen LogP) is 3.39. The summed E-state index contributed by atoms with van der Waals surface area (Å²) in [5.41, 5.74) is 2.06. The number of amides is 1. The Labute approximate surface area is 177 Å². The van der Waals surface area contributed by atoms with Crippen LogP contribution in [-0.2, 0) is 16.2 Å². The first-order valence-electron chi connectivity index (χ1n) is 10.3. The van der Waals surface area contributed by atoms with Gasteiger partial charge in [-0.2, -0.15) is 0 Å². The molecule has 0 saturated carbocycles. The molecule has 0 aliphatic carbocycles. The molecular weight excluding hydrogens is 388 g/mol. The van der Waals surface area contributed by atoms with Gasteiger partial charge in [-0.25, -0.2) is 4.68 Å². The fraction of sp³-hybridized carbons (Fsp3) is 0.571. The van der Waals surface area contributed by atoms with E-state index in [-0.39, 0.29) is 11.8 Å². The molecule has 29 heavy (non-hydrogen) atoms. The summed E-state index contributed by atoms with van der Waals surface area (Å²) in [7, 11) is 0. The number of piperidine rings is 1. The van der Waals surface area contributed by atoms with Gasteiger partial charge in [0.2, 0.25) is 11.8 Å². The van der Waals surface area contributed by atoms with E-state index < -0.39 is 0 Å². The molecule has 8 heteroatoms. The van der Waals surface area contributed by atoms with Crippen LogP contribution in [0.25, 0.3) is 11.5 Å². The van der Waals surface area contributed by atoms with Crippen LogP contribution in [0.3, 0.4) is 0 Å². The van der Waals surface area contributed by atoms with Gasteiger partial charge in [-0.15, -0.1) is 5.10 Å². The van der Waals surface area contributed by atoms with Crippen molar-refractivity contribution < 1.29 is 13.9 Å². The predicted molar refractivity (Wildman–Crippen MR) is 114 cm³/mol. The van der Waals surface area contributed by atoms with Crippen molar-refractivity contribution >= 4 is 18.1 Å². The number of hydrogen-bond acceptors (Lipinski definition) is 6. The molecule has 3 rings (SSSR count). The molecule has 0 bridgehead atoms. The van der Waals surface area contributed by atoms with Crippen molar-refractivity contribution in [2.75, 3.05) is 32.8 Å². The number of nitrogens with one attached hydrogen (secondary N) is 1. The number of carbonyl (C=O) groups excluding carboxylic acids is 1. The molecule has 1 aromatic carbocycles. The summed E-state index contributed by atoms with van der Waals surface area (Å²) in [5, 5.41) is 7.59. The molecule has 1 saturated heterocycles. The molecule has 2 aromatic rings. The van der Waals surface area contributed by atoms with Crippen LogP contribution in [0.1, 0.15) is 31.7 Å². The minimum atomic E-state index is 0.0751. The Bertz CT molecular complexity index is 856. The first-order chi connectivity index (χ1) is 14.1. The summed E-state index contributed by atoms with van der Waals surface area (Å²) in [4.78, 5) is 15.0. The van der Waals surface area contributed by atoms with Gasteiger partial charge in [0.05, 0.1) is 6.67 Å². The van der Waals surface area contributed by atoms with Gasteiger partial charge in [0.15, 0.2) is 0 Å². The highest BCUT2D eigenvalue weighted by molar-refractivity contribution is 7.71. The highest BCUT2D eigenvalue weighted by Gasteiger charge is 2.25. The summed E-state index contributed by atoms with van der Waals surface area (Å²) >= 11 is 5.36. The van der Waals surface area contributed by atoms with Crippen LogP contribution in [0.5, 0.6) is 0 Å². The minimum Gasteiger partial charge on any atom is -0.409 e. The van der Waals surface area contributed by atoms with Crippen molar-refractivity contribution in [1.82, 2.24) is 20.0 Å². The zero-order valence-corrected chi connectivity index (χ0v) is 18.0. The third kappa shape index (κ3) is 5.98. The van der Waals surface area contributed by atoms with Crippen LogP contribution in [0.15, 0.2) is 28.7 Å². The quantitative estimate of drug-likeness (QED) is 0.497. The van der Waals surface area contributed by atoms with Crippen molar-refractivity contribution in [3.05, 3.63) is 34.7 Å². The van der Waals surface area contributed by atoms with Crippen LogP contribution in [0, 0.1) is 17.7 Å². The average Bonchev–Trinajstić information content (AvgIpc) is 3.08. The molecule has 0 atom stereocenters. The second-order valence-electron chi connectivity index (χ2n) is 7.36. The smallest absolute Gasteiger partial charge is 0.288 e. The number of carbonyl (C=O) groups is 1. The fourth-order valence-electron chi connectivity index (χ4n) is 3.52. The Hall–Kier alpha value is -2.03. The first kappa shape index (κ1) is 21.7. The van der Waals surface area contributed by atoms with E-state index in [1.807, 2.05) is 38.1 Å². The summed E-state index contributed by atoms with van der Waals surface area (Å²) in [5.74, 6) is 0.779. The van der Waals surface area contributed by atoms with Crippen LogP contribution in [0.4, 0.5) is 0 Å². The topological polar surface area (TPSA) is 72.5 Å². The molecule has 2 heterocycles. The third-order valence-corrected chi connectivity index (χ3v) is 5.54. The number of rotatable bonds is 9. The average molecular weight is 419 g/mol. The largest absolute Gasteiger partial charge is 0.409 e. The molecular formula is C21H30N4O3S. The van der Waals surface area contributed by atoms with Gasteiger partial charge in [-0.3, -0.25) is 9.69 Å². The van der Waals surface area contributed by atoms with E-state index in [2.05, 4.69) is 15.3 Å². The van der Waals surface area contributed by atoms with E-state index >= 15 is 0 Å². The summed E-state index contributed by atoms with van der Waals surface area (Å²) in [6, 6.07) is 7.97. The molecule has 1 aromatic heterocycles. The number of benzene rings is 1. The van der Waals surface area contributed by atoms with E-state index in [0.29, 0.717) is 37.2 Å². The van der Waals surface area contributed by atoms with Crippen LogP contribution in [0.2, 0.25) is 0 Å². The molecule has 7 nitrogen and oxygen atoms in total. The molecule has 1 fully saturated rings. The Kier molecular flexibility index (Phi) is 7.97. The summed E-state index contributed by atoms with van der Waals surface area (Å²) in [6.07, 6.45) is 2.53. The van der Waals surface area contributed by atoms with E-state index in [1.165, 1.54) is 0 Å². The standard InChI is InChI=1S/C21H30N4O3S/c1-3-27-14-6-11-22-19(26)17-9-12-24(13-10-17)15-25-21(29)28-20(23-25)18-8-5-4-7-16(18)2/h4-5,7-8,17H,3,6,9-15H2,1-2H3,(H,22,26). The van der Waals surface area contributed by atoms with Gasteiger partial charge in [-0.05, 0) is 57.0 Å². The van der Waals surface area contributed by atoms with Gasteiger partial charge in [0.1, 0.15) is 0 Å². The zero-order valence-electron chi connectivity index (χ0n) is 17.2. The second kappa shape index (κ2) is 10.7. The van der Waals surface area contributed by atoms with Crippen molar-refractivity contribution in [3.8, 4) is 11.5 Å². The molecule has 0 unspecified atom stereocenters. The number of hydrogen-bond donors (Lipinski definition) is 1. The van der Waals surface area contributed by atoms with Gasteiger partial charge in [0.25, 0.3) is 4.84 Å². The Balaban J connectivity index is 1.48. The van der Waals surface area contributed by atoms with E-state index in [1.54, 1.807) is 4.68 Å². The Morgan fingerprint density at radius 3 is 2.83 bits per heavy atom. The third-order valence-electron chi connectivity index (χ3n) is 5.24. The maximum absolute atomic E-state index is 12.3. The molecule has 158 valence electrons. The normalized spacial score (nSPS) is 15.5. The highest BCUT2D eigenvalue weighted by Crippen LogP contribution is 2.22. The van der Waals surface area contributed by atoms with Crippen LogP contribution >= 0.6 is 12.2 Å². The van der Waals surface area contributed by atoms with E-state index in [0.717, 1.165) is 43.5 Å². The lowest BCUT2D eigenvalue weighted by Crippen LogP contribution is -2.41. The zero-order chi connectivity index (χ0) is 20.6. The van der Waals surface area contributed by atoms with Gasteiger partial charge in [-0.1, -0.05) is 18.2 Å². The van der Waals surface area contributed by atoms with Gasteiger partial charge < -0.3 is 14.5 Å². The number of ether oxygens (including phenoxy) is 1. The molecule has 0 spiro atoms. The first-order valence-corrected chi connectivity index (χ1v) is 10.7. The lowest BCUT2D eigenvalue weighted by Gasteiger charge is -2.30.